The van der Waals surface area contributed by atoms with Crippen molar-refractivity contribution in [1.29, 1.82) is 0 Å². The average Bonchev–Trinajstić information content (AvgIpc) is 2.09. The maximum atomic E-state index is 11.0. The largest absolute Gasteiger partial charge is 0.396 e. The van der Waals surface area contributed by atoms with Gasteiger partial charge >= 0.3 is 0 Å². The normalized spacial score (nSPS) is 13.5. The molecule has 6 heteroatoms. The fourth-order valence-electron chi connectivity index (χ4n) is 1.06. The smallest absolute Gasteiger partial charge is 0.235 e. The first kappa shape index (κ1) is 14.4. The van der Waals surface area contributed by atoms with Crippen molar-refractivity contribution in [1.82, 2.24) is 5.32 Å². The highest BCUT2D eigenvalue weighted by Gasteiger charge is 2.09. The van der Waals surface area contributed by atoms with Crippen LogP contribution in [0.15, 0.2) is 0 Å². The topological polar surface area (TPSA) is 83.5 Å². The summed E-state index contributed by atoms with van der Waals surface area (Å²) in [5, 5.41) is 11.2. The zero-order valence-corrected chi connectivity index (χ0v) is 10.0. The Morgan fingerprint density at radius 2 is 2.07 bits per heavy atom. The first-order chi connectivity index (χ1) is 6.85. The monoisotopic (exact) mass is 237 g/mol. The molecule has 0 aliphatic heterocycles. The minimum atomic E-state index is -3.23. The molecule has 5 nitrogen and oxygen atoms in total. The van der Waals surface area contributed by atoms with E-state index in [-0.39, 0.29) is 12.5 Å². The van der Waals surface area contributed by atoms with Gasteiger partial charge in [-0.3, -0.25) is 4.79 Å². The molecule has 2 N–H and O–H groups in total. The van der Waals surface area contributed by atoms with Crippen LogP contribution in [0.25, 0.3) is 0 Å². The van der Waals surface area contributed by atoms with Gasteiger partial charge in [-0.1, -0.05) is 6.92 Å². The molecular formula is C9H19NO4S. The van der Waals surface area contributed by atoms with Crippen molar-refractivity contribution in [3.05, 3.63) is 0 Å². The summed E-state index contributed by atoms with van der Waals surface area (Å²) >= 11 is 0. The van der Waals surface area contributed by atoms with Crippen LogP contribution in [0.5, 0.6) is 0 Å². The first-order valence-electron chi connectivity index (χ1n) is 4.90. The lowest BCUT2D eigenvalue weighted by Gasteiger charge is -2.07. The molecular weight excluding hydrogens is 218 g/mol. The highest BCUT2D eigenvalue weighted by molar-refractivity contribution is 7.91. The minimum absolute atomic E-state index is 0.136. The Kier molecular flexibility index (Phi) is 6.51. The fraction of sp³-hybridized carbons (Fsp3) is 0.889. The van der Waals surface area contributed by atoms with Gasteiger partial charge in [-0.25, -0.2) is 8.42 Å². The van der Waals surface area contributed by atoms with E-state index in [9.17, 15) is 13.2 Å². The Morgan fingerprint density at radius 1 is 1.47 bits per heavy atom. The molecule has 1 unspecified atom stereocenters. The van der Waals surface area contributed by atoms with Crippen molar-refractivity contribution in [2.45, 2.75) is 19.8 Å². The Bertz CT molecular complexity index is 286. The van der Waals surface area contributed by atoms with Gasteiger partial charge in [0.15, 0.2) is 9.84 Å². The van der Waals surface area contributed by atoms with Gasteiger partial charge in [0.05, 0.1) is 0 Å². The maximum absolute atomic E-state index is 11.0. The van der Waals surface area contributed by atoms with Crippen molar-refractivity contribution in [2.75, 3.05) is 25.2 Å². The predicted octanol–water partition coefficient (Wildman–Crippen LogP) is -0.444. The number of sulfone groups is 1. The van der Waals surface area contributed by atoms with Crippen LogP contribution < -0.4 is 5.32 Å². The molecule has 0 saturated carbocycles. The van der Waals surface area contributed by atoms with Crippen LogP contribution in [-0.4, -0.2) is 44.6 Å². The molecule has 0 radical (unpaired) electrons. The van der Waals surface area contributed by atoms with E-state index >= 15 is 0 Å². The van der Waals surface area contributed by atoms with E-state index in [0.717, 1.165) is 19.1 Å². The summed E-state index contributed by atoms with van der Waals surface area (Å²) in [6, 6.07) is 0. The van der Waals surface area contributed by atoms with Crippen molar-refractivity contribution in [3.8, 4) is 0 Å². The molecule has 0 aliphatic carbocycles. The molecule has 0 fully saturated rings. The van der Waals surface area contributed by atoms with Gasteiger partial charge in [0.1, 0.15) is 5.75 Å². The van der Waals surface area contributed by atoms with Gasteiger partial charge in [0.2, 0.25) is 5.91 Å². The second kappa shape index (κ2) is 6.79. The predicted molar refractivity (Wildman–Crippen MR) is 58.2 cm³/mol. The number of aliphatic hydroxyl groups is 1. The molecule has 0 aromatic heterocycles. The number of hydrogen-bond donors (Lipinski definition) is 2. The van der Waals surface area contributed by atoms with E-state index in [0.29, 0.717) is 6.54 Å². The summed E-state index contributed by atoms with van der Waals surface area (Å²) in [6.07, 6.45) is 2.59. The van der Waals surface area contributed by atoms with Crippen LogP contribution >= 0.6 is 0 Å². The van der Waals surface area contributed by atoms with Crippen molar-refractivity contribution in [3.63, 3.8) is 0 Å². The Hall–Kier alpha value is -0.620. The van der Waals surface area contributed by atoms with Crippen LogP contribution in [-0.2, 0) is 14.6 Å². The Morgan fingerprint density at radius 3 is 2.53 bits per heavy atom. The molecule has 90 valence electrons. The Balaban J connectivity index is 3.57. The summed E-state index contributed by atoms with van der Waals surface area (Å²) in [4.78, 5) is 11.0. The molecule has 0 saturated heterocycles. The minimum Gasteiger partial charge on any atom is -0.396 e. The van der Waals surface area contributed by atoms with Crippen LogP contribution in [0.3, 0.4) is 0 Å². The third-order valence-electron chi connectivity index (χ3n) is 1.90. The van der Waals surface area contributed by atoms with Crippen LogP contribution in [0.4, 0.5) is 0 Å². The van der Waals surface area contributed by atoms with E-state index in [1.165, 1.54) is 0 Å². The SMILES string of the molecule is CC(CO)CCCNC(=O)CS(C)(=O)=O. The lowest BCUT2D eigenvalue weighted by molar-refractivity contribution is -0.118. The average molecular weight is 237 g/mol. The quantitative estimate of drug-likeness (QED) is 0.588. The second-order valence-electron chi connectivity index (χ2n) is 3.85. The summed E-state index contributed by atoms with van der Waals surface area (Å²) in [5.74, 6) is -0.700. The van der Waals surface area contributed by atoms with Gasteiger partial charge < -0.3 is 10.4 Å². The highest BCUT2D eigenvalue weighted by Crippen LogP contribution is 2.02. The molecule has 0 heterocycles. The number of carbonyl (C=O) groups is 1. The molecule has 0 spiro atoms. The van der Waals surface area contributed by atoms with Crippen molar-refractivity contribution in [2.24, 2.45) is 5.92 Å². The number of rotatable bonds is 7. The van der Waals surface area contributed by atoms with Gasteiger partial charge in [0.25, 0.3) is 0 Å². The summed E-state index contributed by atoms with van der Waals surface area (Å²) in [7, 11) is -3.23. The zero-order valence-electron chi connectivity index (χ0n) is 9.19. The van der Waals surface area contributed by atoms with Gasteiger partial charge in [-0.05, 0) is 18.8 Å². The summed E-state index contributed by atoms with van der Waals surface area (Å²) in [6.45, 7) is 2.51. The van der Waals surface area contributed by atoms with Crippen LogP contribution in [0, 0.1) is 5.92 Å². The van der Waals surface area contributed by atoms with E-state index in [2.05, 4.69) is 5.32 Å². The van der Waals surface area contributed by atoms with E-state index < -0.39 is 21.5 Å². The molecule has 0 aliphatic rings. The number of amides is 1. The summed E-state index contributed by atoms with van der Waals surface area (Å²) in [5.41, 5.74) is 0. The van der Waals surface area contributed by atoms with Crippen molar-refractivity contribution < 1.29 is 18.3 Å². The highest BCUT2D eigenvalue weighted by atomic mass is 32.2. The number of carbonyl (C=O) groups excluding carboxylic acids is 1. The third-order valence-corrected chi connectivity index (χ3v) is 2.69. The molecule has 0 rings (SSSR count). The van der Waals surface area contributed by atoms with E-state index in [1.54, 1.807) is 0 Å². The van der Waals surface area contributed by atoms with Crippen LogP contribution in [0.2, 0.25) is 0 Å². The number of aliphatic hydroxyl groups excluding tert-OH is 1. The van der Waals surface area contributed by atoms with Crippen LogP contribution in [0.1, 0.15) is 19.8 Å². The Labute approximate surface area is 90.8 Å². The summed E-state index contributed by atoms with van der Waals surface area (Å²) < 4.78 is 21.5. The molecule has 0 aromatic rings. The second-order valence-corrected chi connectivity index (χ2v) is 5.99. The lowest BCUT2D eigenvalue weighted by atomic mass is 10.1. The lowest BCUT2D eigenvalue weighted by Crippen LogP contribution is -2.30. The first-order valence-corrected chi connectivity index (χ1v) is 6.96. The van der Waals surface area contributed by atoms with Crippen molar-refractivity contribution >= 4 is 15.7 Å². The zero-order chi connectivity index (χ0) is 11.9. The maximum Gasteiger partial charge on any atom is 0.235 e. The molecule has 1 amide bonds. The fourth-order valence-corrected chi connectivity index (χ4v) is 1.64. The van der Waals surface area contributed by atoms with E-state index in [4.69, 9.17) is 5.11 Å². The third kappa shape index (κ3) is 9.68. The number of hydrogen-bond acceptors (Lipinski definition) is 4. The molecule has 0 aromatic carbocycles. The molecule has 15 heavy (non-hydrogen) atoms. The van der Waals surface area contributed by atoms with Gasteiger partial charge in [0, 0.05) is 19.4 Å². The molecule has 1 atom stereocenters. The molecule has 0 bridgehead atoms. The van der Waals surface area contributed by atoms with E-state index in [1.807, 2.05) is 6.92 Å². The van der Waals surface area contributed by atoms with Gasteiger partial charge in [-0.15, -0.1) is 0 Å². The standard InChI is InChI=1S/C9H19NO4S/c1-8(6-11)4-3-5-10-9(12)7-15(2,13)14/h8,11H,3-7H2,1-2H3,(H,10,12). The number of nitrogens with one attached hydrogen (secondary N) is 1. The van der Waals surface area contributed by atoms with Gasteiger partial charge in [-0.2, -0.15) is 0 Å².